The molecule has 0 aliphatic carbocycles. The van der Waals surface area contributed by atoms with Crippen molar-refractivity contribution < 1.29 is 14.7 Å². The second-order valence-corrected chi connectivity index (χ2v) is 6.42. The Morgan fingerprint density at radius 1 is 1.04 bits per heavy atom. The summed E-state index contributed by atoms with van der Waals surface area (Å²) < 4.78 is 0. The lowest BCUT2D eigenvalue weighted by atomic mass is 9.94. The van der Waals surface area contributed by atoms with Crippen LogP contribution in [0.2, 0.25) is 0 Å². The Hall–Kier alpha value is -2.62. The molecule has 0 spiro atoms. The molecule has 25 heavy (non-hydrogen) atoms. The fourth-order valence-electron chi connectivity index (χ4n) is 2.75. The van der Waals surface area contributed by atoms with Gasteiger partial charge in [-0.15, -0.1) is 0 Å². The summed E-state index contributed by atoms with van der Waals surface area (Å²) in [6.45, 7) is 3.66. The van der Waals surface area contributed by atoms with Crippen molar-refractivity contribution in [2.45, 2.75) is 39.2 Å². The average Bonchev–Trinajstić information content (AvgIpc) is 2.61. The molecule has 0 saturated carbocycles. The number of hydrogen-bond acceptors (Lipinski definition) is 2. The third-order valence-corrected chi connectivity index (χ3v) is 4.35. The van der Waals surface area contributed by atoms with Crippen LogP contribution in [0, 0.1) is 12.8 Å². The molecule has 2 aromatic carbocycles. The van der Waals surface area contributed by atoms with Gasteiger partial charge in [-0.3, -0.25) is 9.59 Å². The normalized spacial score (nSPS) is 13.0. The zero-order valence-corrected chi connectivity index (χ0v) is 14.7. The fraction of sp³-hybridized carbons (Fsp3) is 0.333. The molecule has 2 rings (SSSR count). The van der Waals surface area contributed by atoms with Crippen molar-refractivity contribution in [2.24, 2.45) is 5.92 Å². The highest BCUT2D eigenvalue weighted by Gasteiger charge is 2.26. The molecule has 2 atom stereocenters. The van der Waals surface area contributed by atoms with Crippen molar-refractivity contribution in [3.8, 4) is 0 Å². The minimum Gasteiger partial charge on any atom is -0.481 e. The number of carbonyl (C=O) groups excluding carboxylic acids is 1. The van der Waals surface area contributed by atoms with Crippen LogP contribution in [0.5, 0.6) is 0 Å². The predicted molar refractivity (Wildman–Crippen MR) is 98.2 cm³/mol. The van der Waals surface area contributed by atoms with E-state index in [-0.39, 0.29) is 5.91 Å². The van der Waals surface area contributed by atoms with Crippen LogP contribution in [0.15, 0.2) is 54.6 Å². The van der Waals surface area contributed by atoms with Crippen LogP contribution >= 0.6 is 0 Å². The number of carboxylic acid groups (broad SMARTS) is 1. The SMILES string of the molecule is Cc1ccc(CCCC(=O)NC(c2ccccc2)C(C)C(=O)O)cc1. The zero-order chi connectivity index (χ0) is 18.2. The molecule has 1 amide bonds. The summed E-state index contributed by atoms with van der Waals surface area (Å²) in [4.78, 5) is 23.7. The molecule has 4 nitrogen and oxygen atoms in total. The largest absolute Gasteiger partial charge is 0.481 e. The van der Waals surface area contributed by atoms with E-state index < -0.39 is 17.9 Å². The molecule has 2 aromatic rings. The van der Waals surface area contributed by atoms with Gasteiger partial charge in [-0.2, -0.15) is 0 Å². The second kappa shape index (κ2) is 9.02. The summed E-state index contributed by atoms with van der Waals surface area (Å²) in [5.74, 6) is -1.73. The number of carbonyl (C=O) groups is 2. The predicted octanol–water partition coefficient (Wildman–Crippen LogP) is 3.90. The third-order valence-electron chi connectivity index (χ3n) is 4.35. The average molecular weight is 339 g/mol. The van der Waals surface area contributed by atoms with Crippen molar-refractivity contribution >= 4 is 11.9 Å². The minimum atomic E-state index is -0.922. The van der Waals surface area contributed by atoms with Crippen LogP contribution in [-0.4, -0.2) is 17.0 Å². The summed E-state index contributed by atoms with van der Waals surface area (Å²) in [7, 11) is 0. The highest BCUT2D eigenvalue weighted by molar-refractivity contribution is 5.78. The maximum Gasteiger partial charge on any atom is 0.308 e. The van der Waals surface area contributed by atoms with E-state index in [2.05, 4.69) is 29.6 Å². The van der Waals surface area contributed by atoms with Gasteiger partial charge in [-0.05, 0) is 37.8 Å². The van der Waals surface area contributed by atoms with E-state index in [1.807, 2.05) is 37.3 Å². The third kappa shape index (κ3) is 5.75. The lowest BCUT2D eigenvalue weighted by Crippen LogP contribution is -2.35. The number of rotatable bonds is 8. The summed E-state index contributed by atoms with van der Waals surface area (Å²) in [5.41, 5.74) is 3.23. The molecule has 0 aliphatic heterocycles. The van der Waals surface area contributed by atoms with Gasteiger partial charge < -0.3 is 10.4 Å². The lowest BCUT2D eigenvalue weighted by Gasteiger charge is -2.23. The first-order chi connectivity index (χ1) is 12.0. The van der Waals surface area contributed by atoms with Crippen molar-refractivity contribution in [2.75, 3.05) is 0 Å². The maximum atomic E-state index is 12.3. The second-order valence-electron chi connectivity index (χ2n) is 6.42. The number of nitrogens with one attached hydrogen (secondary N) is 1. The molecule has 0 bridgehead atoms. The van der Waals surface area contributed by atoms with Gasteiger partial charge in [0.2, 0.25) is 5.91 Å². The number of benzene rings is 2. The molecule has 0 fully saturated rings. The van der Waals surface area contributed by atoms with Gasteiger partial charge in [0.15, 0.2) is 0 Å². The Kier molecular flexibility index (Phi) is 6.75. The Bertz CT molecular complexity index is 695. The molecule has 2 N–H and O–H groups in total. The molecular weight excluding hydrogens is 314 g/mol. The molecule has 0 saturated heterocycles. The highest BCUT2D eigenvalue weighted by Crippen LogP contribution is 2.22. The van der Waals surface area contributed by atoms with Gasteiger partial charge in [-0.25, -0.2) is 0 Å². The van der Waals surface area contributed by atoms with Crippen LogP contribution in [0.1, 0.15) is 42.5 Å². The van der Waals surface area contributed by atoms with E-state index in [1.165, 1.54) is 11.1 Å². The zero-order valence-electron chi connectivity index (χ0n) is 14.7. The first kappa shape index (κ1) is 18.7. The van der Waals surface area contributed by atoms with Crippen LogP contribution < -0.4 is 5.32 Å². The van der Waals surface area contributed by atoms with E-state index in [0.717, 1.165) is 18.4 Å². The topological polar surface area (TPSA) is 66.4 Å². The molecule has 2 unspecified atom stereocenters. The molecular formula is C21H25NO3. The van der Waals surface area contributed by atoms with Gasteiger partial charge in [0.1, 0.15) is 0 Å². The number of hydrogen-bond donors (Lipinski definition) is 2. The summed E-state index contributed by atoms with van der Waals surface area (Å²) in [6, 6.07) is 17.0. The van der Waals surface area contributed by atoms with E-state index in [1.54, 1.807) is 6.92 Å². The molecule has 0 radical (unpaired) electrons. The Balaban J connectivity index is 1.92. The number of aliphatic carboxylic acids is 1. The van der Waals surface area contributed by atoms with E-state index in [0.29, 0.717) is 6.42 Å². The lowest BCUT2D eigenvalue weighted by molar-refractivity contribution is -0.142. The fourth-order valence-corrected chi connectivity index (χ4v) is 2.75. The van der Waals surface area contributed by atoms with Crippen LogP contribution in [0.4, 0.5) is 0 Å². The van der Waals surface area contributed by atoms with Gasteiger partial charge in [-0.1, -0.05) is 60.2 Å². The highest BCUT2D eigenvalue weighted by atomic mass is 16.4. The number of aryl methyl sites for hydroxylation is 2. The first-order valence-electron chi connectivity index (χ1n) is 8.60. The molecule has 0 aromatic heterocycles. The van der Waals surface area contributed by atoms with Crippen molar-refractivity contribution in [1.29, 1.82) is 0 Å². The number of carboxylic acids is 1. The van der Waals surface area contributed by atoms with Crippen LogP contribution in [0.25, 0.3) is 0 Å². The first-order valence-corrected chi connectivity index (χ1v) is 8.60. The van der Waals surface area contributed by atoms with Crippen molar-refractivity contribution in [3.63, 3.8) is 0 Å². The monoisotopic (exact) mass is 339 g/mol. The van der Waals surface area contributed by atoms with Crippen molar-refractivity contribution in [3.05, 3.63) is 71.3 Å². The van der Waals surface area contributed by atoms with Gasteiger partial charge in [0, 0.05) is 6.42 Å². The Labute approximate surface area is 148 Å². The van der Waals surface area contributed by atoms with E-state index in [4.69, 9.17) is 0 Å². The quantitative estimate of drug-likeness (QED) is 0.766. The van der Waals surface area contributed by atoms with E-state index in [9.17, 15) is 14.7 Å². The van der Waals surface area contributed by atoms with Gasteiger partial charge >= 0.3 is 5.97 Å². The molecule has 0 aliphatic rings. The smallest absolute Gasteiger partial charge is 0.308 e. The Morgan fingerprint density at radius 3 is 2.28 bits per heavy atom. The molecule has 0 heterocycles. The van der Waals surface area contributed by atoms with E-state index >= 15 is 0 Å². The summed E-state index contributed by atoms with van der Waals surface area (Å²) in [6.07, 6.45) is 1.94. The number of amides is 1. The van der Waals surface area contributed by atoms with Crippen LogP contribution in [-0.2, 0) is 16.0 Å². The maximum absolute atomic E-state index is 12.3. The molecule has 132 valence electrons. The standard InChI is InChI=1S/C21H25NO3/c1-15-11-13-17(14-12-15)7-6-10-19(23)22-20(16(2)21(24)25)18-8-4-3-5-9-18/h3-5,8-9,11-14,16,20H,6-7,10H2,1-2H3,(H,22,23)(H,24,25). The van der Waals surface area contributed by atoms with Gasteiger partial charge in [0.25, 0.3) is 0 Å². The summed E-state index contributed by atoms with van der Waals surface area (Å²) >= 11 is 0. The summed E-state index contributed by atoms with van der Waals surface area (Å²) in [5, 5.41) is 12.2. The molecule has 4 heteroatoms. The van der Waals surface area contributed by atoms with Gasteiger partial charge in [0.05, 0.1) is 12.0 Å². The van der Waals surface area contributed by atoms with Crippen LogP contribution in [0.3, 0.4) is 0 Å². The minimum absolute atomic E-state index is 0.117. The van der Waals surface area contributed by atoms with Crippen molar-refractivity contribution in [1.82, 2.24) is 5.32 Å². The Morgan fingerprint density at radius 2 is 1.68 bits per heavy atom.